The molecule has 2 atom stereocenters. The van der Waals surface area contributed by atoms with Gasteiger partial charge in [-0.05, 0) is 62.4 Å². The number of hydrogen-bond acceptors (Lipinski definition) is 4. The predicted molar refractivity (Wildman–Crippen MR) is 107 cm³/mol. The first kappa shape index (κ1) is 21.9. The van der Waals surface area contributed by atoms with Gasteiger partial charge in [0, 0.05) is 5.56 Å². The van der Waals surface area contributed by atoms with E-state index in [4.69, 9.17) is 9.30 Å². The molecule has 5 heteroatoms. The first-order chi connectivity index (χ1) is 12.4. The van der Waals surface area contributed by atoms with E-state index in [2.05, 4.69) is 0 Å². The second-order valence-corrected chi connectivity index (χ2v) is 6.10. The predicted octanol–water partition coefficient (Wildman–Crippen LogP) is 4.39. The van der Waals surface area contributed by atoms with Gasteiger partial charge in [0.25, 0.3) is 0 Å². The van der Waals surface area contributed by atoms with E-state index in [1.165, 1.54) is 0 Å². The van der Waals surface area contributed by atoms with E-state index in [0.717, 1.165) is 22.3 Å². The van der Waals surface area contributed by atoms with Gasteiger partial charge in [0.2, 0.25) is 0 Å². The maximum absolute atomic E-state index is 13.3. The summed E-state index contributed by atoms with van der Waals surface area (Å²) in [4.78, 5) is 25.8. The molecule has 2 unspecified atom stereocenters. The third-order valence-electron chi connectivity index (χ3n) is 4.52. The van der Waals surface area contributed by atoms with Gasteiger partial charge < -0.3 is 9.30 Å². The summed E-state index contributed by atoms with van der Waals surface area (Å²) >= 11 is 0. The van der Waals surface area contributed by atoms with Crippen LogP contribution in [0.5, 0.6) is 0 Å². The summed E-state index contributed by atoms with van der Waals surface area (Å²) < 4.78 is 13.5. The molecule has 0 amide bonds. The summed E-state index contributed by atoms with van der Waals surface area (Å²) in [6.45, 7) is 9.89. The monoisotopic (exact) mass is 374 g/mol. The number of Topliss-reactive ketones (excluding diaryl/α,β-unsaturated/α-hetero) is 1. The van der Waals surface area contributed by atoms with Crippen molar-refractivity contribution in [1.82, 2.24) is 0 Å². The minimum Gasteiger partial charge on any atom is -0.465 e. The molecule has 0 aliphatic carbocycles. The van der Waals surface area contributed by atoms with Gasteiger partial charge >= 0.3 is 5.97 Å². The van der Waals surface area contributed by atoms with E-state index < -0.39 is 11.9 Å². The topological polar surface area (TPSA) is 60.4 Å². The largest absolute Gasteiger partial charge is 0.465 e. The molecule has 2 rings (SSSR count). The highest BCUT2D eigenvalue weighted by atomic mass is 31.0. The SMILES string of the molecule is CCOC(=O)C(C(=O)c1c(C)cc(C)c(C)c1C)c1ccccc1.O=[PH3]. The van der Waals surface area contributed by atoms with Gasteiger partial charge in [-0.3, -0.25) is 9.59 Å². The number of esters is 1. The van der Waals surface area contributed by atoms with Crippen LogP contribution in [-0.4, -0.2) is 18.4 Å². The Morgan fingerprint density at radius 1 is 0.962 bits per heavy atom. The third kappa shape index (κ3) is 4.70. The van der Waals surface area contributed by atoms with Gasteiger partial charge in [-0.2, -0.15) is 0 Å². The van der Waals surface area contributed by atoms with Crippen LogP contribution >= 0.6 is 9.12 Å². The zero-order valence-corrected chi connectivity index (χ0v) is 17.5. The zero-order valence-electron chi connectivity index (χ0n) is 16.1. The van der Waals surface area contributed by atoms with Crippen LogP contribution in [0.4, 0.5) is 0 Å². The second-order valence-electron chi connectivity index (χ2n) is 6.10. The normalized spacial score (nSPS) is 11.3. The highest BCUT2D eigenvalue weighted by Gasteiger charge is 2.32. The van der Waals surface area contributed by atoms with Crippen molar-refractivity contribution in [2.75, 3.05) is 6.61 Å². The lowest BCUT2D eigenvalue weighted by atomic mass is 9.84. The number of carbonyl (C=O) groups is 2. The van der Waals surface area contributed by atoms with Crippen LogP contribution in [0.15, 0.2) is 36.4 Å². The molecular weight excluding hydrogens is 347 g/mol. The fourth-order valence-corrected chi connectivity index (χ4v) is 3.07. The summed E-state index contributed by atoms with van der Waals surface area (Å²) in [5.74, 6) is -1.62. The molecule has 0 aromatic heterocycles. The Morgan fingerprint density at radius 3 is 2.08 bits per heavy atom. The summed E-state index contributed by atoms with van der Waals surface area (Å²) in [6, 6.07) is 11.1. The molecule has 0 N–H and O–H groups in total. The Labute approximate surface area is 157 Å². The summed E-state index contributed by atoms with van der Waals surface area (Å²) in [7, 11) is 0.611. The van der Waals surface area contributed by atoms with E-state index in [0.29, 0.717) is 20.2 Å². The Balaban J connectivity index is 0.00000163. The van der Waals surface area contributed by atoms with E-state index in [1.54, 1.807) is 19.1 Å². The van der Waals surface area contributed by atoms with E-state index >= 15 is 0 Å². The molecule has 0 saturated heterocycles. The van der Waals surface area contributed by atoms with Crippen molar-refractivity contribution in [2.45, 2.75) is 40.5 Å². The molecule has 0 radical (unpaired) electrons. The first-order valence-electron chi connectivity index (χ1n) is 8.50. The van der Waals surface area contributed by atoms with Crippen molar-refractivity contribution >= 4 is 20.9 Å². The van der Waals surface area contributed by atoms with Gasteiger partial charge in [-0.15, -0.1) is 0 Å². The smallest absolute Gasteiger partial charge is 0.321 e. The lowest BCUT2D eigenvalue weighted by molar-refractivity contribution is -0.143. The molecule has 0 aliphatic heterocycles. The van der Waals surface area contributed by atoms with Crippen LogP contribution in [0.25, 0.3) is 0 Å². The van der Waals surface area contributed by atoms with Crippen LogP contribution in [0.1, 0.15) is 51.0 Å². The van der Waals surface area contributed by atoms with Crippen molar-refractivity contribution in [3.05, 3.63) is 69.8 Å². The number of aryl methyl sites for hydroxylation is 2. The van der Waals surface area contributed by atoms with E-state index in [-0.39, 0.29) is 12.4 Å². The molecule has 0 fully saturated rings. The second kappa shape index (κ2) is 10.1. The van der Waals surface area contributed by atoms with Gasteiger partial charge in [-0.25, -0.2) is 0 Å². The molecule has 0 spiro atoms. The number of ether oxygens (including phenoxy) is 1. The molecule has 4 nitrogen and oxygen atoms in total. The summed E-state index contributed by atoms with van der Waals surface area (Å²) in [5.41, 5.74) is 5.35. The van der Waals surface area contributed by atoms with Crippen molar-refractivity contribution in [3.63, 3.8) is 0 Å². The Hall–Kier alpha value is -2.19. The Morgan fingerprint density at radius 2 is 1.54 bits per heavy atom. The maximum atomic E-state index is 13.3. The number of hydrogen-bond donors (Lipinski definition) is 0. The fourth-order valence-electron chi connectivity index (χ4n) is 3.07. The van der Waals surface area contributed by atoms with Gasteiger partial charge in [0.05, 0.1) is 15.7 Å². The van der Waals surface area contributed by atoms with Crippen molar-refractivity contribution < 1.29 is 18.9 Å². The Kier molecular flexibility index (Phi) is 8.47. The number of rotatable bonds is 5. The van der Waals surface area contributed by atoms with Crippen LogP contribution < -0.4 is 0 Å². The fraction of sp³-hybridized carbons (Fsp3) is 0.333. The quantitative estimate of drug-likeness (QED) is 0.337. The lowest BCUT2D eigenvalue weighted by Gasteiger charge is -2.19. The van der Waals surface area contributed by atoms with Gasteiger partial charge in [-0.1, -0.05) is 36.4 Å². The van der Waals surface area contributed by atoms with Crippen LogP contribution in [0.3, 0.4) is 0 Å². The Bertz CT molecular complexity index is 784. The van der Waals surface area contributed by atoms with Crippen LogP contribution in [0.2, 0.25) is 0 Å². The van der Waals surface area contributed by atoms with E-state index in [1.807, 2.05) is 52.0 Å². The molecule has 140 valence electrons. The summed E-state index contributed by atoms with van der Waals surface area (Å²) in [5, 5.41) is 0. The molecule has 0 aliphatic rings. The average molecular weight is 374 g/mol. The molecule has 0 bridgehead atoms. The van der Waals surface area contributed by atoms with Gasteiger partial charge in [0.1, 0.15) is 5.92 Å². The minimum atomic E-state index is -0.925. The zero-order chi connectivity index (χ0) is 19.9. The molecule has 26 heavy (non-hydrogen) atoms. The summed E-state index contributed by atoms with van der Waals surface area (Å²) in [6.07, 6.45) is 0. The van der Waals surface area contributed by atoms with Gasteiger partial charge in [0.15, 0.2) is 5.78 Å². The van der Waals surface area contributed by atoms with Crippen molar-refractivity contribution in [3.8, 4) is 0 Å². The highest BCUT2D eigenvalue weighted by molar-refractivity contribution is 7.00. The van der Waals surface area contributed by atoms with E-state index in [9.17, 15) is 9.59 Å². The van der Waals surface area contributed by atoms with Crippen LogP contribution in [0, 0.1) is 27.7 Å². The minimum absolute atomic E-state index is 0.197. The van der Waals surface area contributed by atoms with Crippen molar-refractivity contribution in [1.29, 1.82) is 0 Å². The van der Waals surface area contributed by atoms with Crippen LogP contribution in [-0.2, 0) is 14.1 Å². The lowest BCUT2D eigenvalue weighted by Crippen LogP contribution is -2.26. The molecule has 2 aromatic rings. The average Bonchev–Trinajstić information content (AvgIpc) is 2.63. The highest BCUT2D eigenvalue weighted by Crippen LogP contribution is 2.29. The third-order valence-corrected chi connectivity index (χ3v) is 4.52. The molecular formula is C21H27O4P. The number of carbonyl (C=O) groups excluding carboxylic acids is 2. The standard InChI is InChI=1S/C21H24O3.H3OP/c1-6-24-21(23)19(17-10-8-7-9-11-17)20(22)18-14(3)12-13(2)15(4)16(18)5;1-2/h7-12,19H,6H2,1-5H3;2H3. The molecule has 0 saturated carbocycles. The first-order valence-corrected chi connectivity index (χ1v) is 9.08. The molecule has 2 aromatic carbocycles. The molecule has 0 heterocycles. The number of benzene rings is 2. The van der Waals surface area contributed by atoms with Crippen molar-refractivity contribution in [2.24, 2.45) is 0 Å². The maximum Gasteiger partial charge on any atom is 0.321 e. The number of ketones is 1.